The van der Waals surface area contributed by atoms with Gasteiger partial charge in [-0.2, -0.15) is 0 Å². The molecule has 1 fully saturated rings. The van der Waals surface area contributed by atoms with E-state index in [0.717, 1.165) is 38.2 Å². The highest BCUT2D eigenvalue weighted by Crippen LogP contribution is 2.17. The van der Waals surface area contributed by atoms with Gasteiger partial charge in [-0.25, -0.2) is 0 Å². The SMILES string of the molecule is CCCNC(C)CCc1ccc(OCC2CCCO2)cc1. The van der Waals surface area contributed by atoms with Crippen molar-refractivity contribution in [3.05, 3.63) is 29.8 Å². The van der Waals surface area contributed by atoms with Gasteiger partial charge in [0.05, 0.1) is 6.10 Å². The summed E-state index contributed by atoms with van der Waals surface area (Å²) in [5, 5.41) is 3.53. The Morgan fingerprint density at radius 3 is 2.81 bits per heavy atom. The minimum absolute atomic E-state index is 0.287. The molecule has 1 aliphatic heterocycles. The lowest BCUT2D eigenvalue weighted by Gasteiger charge is -2.14. The molecule has 118 valence electrons. The third kappa shape index (κ3) is 6.06. The zero-order valence-corrected chi connectivity index (χ0v) is 13.4. The Morgan fingerprint density at radius 2 is 2.14 bits per heavy atom. The molecule has 1 aliphatic rings. The van der Waals surface area contributed by atoms with Crippen LogP contribution in [0.2, 0.25) is 0 Å². The van der Waals surface area contributed by atoms with E-state index in [0.29, 0.717) is 12.6 Å². The second-order valence-electron chi connectivity index (χ2n) is 5.98. The molecule has 2 unspecified atom stereocenters. The van der Waals surface area contributed by atoms with Gasteiger partial charge >= 0.3 is 0 Å². The largest absolute Gasteiger partial charge is 0.491 e. The monoisotopic (exact) mass is 291 g/mol. The number of hydrogen-bond acceptors (Lipinski definition) is 3. The number of aryl methyl sites for hydroxylation is 1. The van der Waals surface area contributed by atoms with Crippen LogP contribution in [0.4, 0.5) is 0 Å². The third-order valence-corrected chi connectivity index (χ3v) is 3.99. The molecule has 1 N–H and O–H groups in total. The molecule has 2 rings (SSSR count). The van der Waals surface area contributed by atoms with Gasteiger partial charge in [-0.3, -0.25) is 0 Å². The maximum atomic E-state index is 5.79. The van der Waals surface area contributed by atoms with E-state index in [1.54, 1.807) is 0 Å². The van der Waals surface area contributed by atoms with Crippen molar-refractivity contribution in [2.45, 2.75) is 58.1 Å². The molecule has 1 heterocycles. The molecule has 3 nitrogen and oxygen atoms in total. The van der Waals surface area contributed by atoms with Gasteiger partial charge in [0.25, 0.3) is 0 Å². The first-order valence-corrected chi connectivity index (χ1v) is 8.34. The van der Waals surface area contributed by atoms with Crippen molar-refractivity contribution in [1.29, 1.82) is 0 Å². The van der Waals surface area contributed by atoms with Gasteiger partial charge in [-0.1, -0.05) is 19.1 Å². The number of nitrogens with one attached hydrogen (secondary N) is 1. The normalized spacial score (nSPS) is 19.6. The highest BCUT2D eigenvalue weighted by molar-refractivity contribution is 5.27. The molecule has 1 aromatic carbocycles. The van der Waals surface area contributed by atoms with Crippen LogP contribution in [0.15, 0.2) is 24.3 Å². The van der Waals surface area contributed by atoms with Crippen LogP contribution < -0.4 is 10.1 Å². The number of benzene rings is 1. The average molecular weight is 291 g/mol. The summed E-state index contributed by atoms with van der Waals surface area (Å²) in [5.41, 5.74) is 1.38. The second-order valence-corrected chi connectivity index (χ2v) is 5.98. The first-order valence-electron chi connectivity index (χ1n) is 8.34. The van der Waals surface area contributed by atoms with Crippen molar-refractivity contribution in [3.8, 4) is 5.75 Å². The Morgan fingerprint density at radius 1 is 1.33 bits per heavy atom. The van der Waals surface area contributed by atoms with Gasteiger partial charge in [-0.15, -0.1) is 0 Å². The molecule has 21 heavy (non-hydrogen) atoms. The van der Waals surface area contributed by atoms with Crippen LogP contribution in [0.1, 0.15) is 45.1 Å². The molecular formula is C18H29NO2. The first-order chi connectivity index (χ1) is 10.3. The van der Waals surface area contributed by atoms with Crippen molar-refractivity contribution < 1.29 is 9.47 Å². The molecule has 0 aliphatic carbocycles. The van der Waals surface area contributed by atoms with Crippen LogP contribution in [0.25, 0.3) is 0 Å². The number of hydrogen-bond donors (Lipinski definition) is 1. The highest BCUT2D eigenvalue weighted by Gasteiger charge is 2.15. The fourth-order valence-corrected chi connectivity index (χ4v) is 2.59. The Hall–Kier alpha value is -1.06. The van der Waals surface area contributed by atoms with Crippen LogP contribution in [-0.4, -0.2) is 31.9 Å². The standard InChI is InChI=1S/C18H29NO2/c1-3-12-19-15(2)6-7-16-8-10-17(11-9-16)21-14-18-5-4-13-20-18/h8-11,15,18-19H,3-7,12-14H2,1-2H3. The summed E-state index contributed by atoms with van der Waals surface area (Å²) in [5.74, 6) is 0.950. The van der Waals surface area contributed by atoms with Crippen LogP contribution in [-0.2, 0) is 11.2 Å². The quantitative estimate of drug-likeness (QED) is 0.754. The first kappa shape index (κ1) is 16.3. The van der Waals surface area contributed by atoms with Gasteiger partial charge < -0.3 is 14.8 Å². The minimum Gasteiger partial charge on any atom is -0.491 e. The molecule has 0 radical (unpaired) electrons. The molecule has 2 atom stereocenters. The lowest BCUT2D eigenvalue weighted by molar-refractivity contribution is 0.0679. The van der Waals surface area contributed by atoms with Gasteiger partial charge in [0, 0.05) is 12.6 Å². The predicted molar refractivity (Wildman–Crippen MR) is 87.0 cm³/mol. The highest BCUT2D eigenvalue weighted by atomic mass is 16.5. The fourth-order valence-electron chi connectivity index (χ4n) is 2.59. The van der Waals surface area contributed by atoms with Crippen molar-refractivity contribution in [2.24, 2.45) is 0 Å². The minimum atomic E-state index is 0.287. The van der Waals surface area contributed by atoms with E-state index < -0.39 is 0 Å². The molecule has 0 spiro atoms. The zero-order chi connectivity index (χ0) is 14.9. The lowest BCUT2D eigenvalue weighted by Crippen LogP contribution is -2.27. The molecule has 1 saturated heterocycles. The lowest BCUT2D eigenvalue weighted by atomic mass is 10.1. The fraction of sp³-hybridized carbons (Fsp3) is 0.667. The van der Waals surface area contributed by atoms with E-state index >= 15 is 0 Å². The van der Waals surface area contributed by atoms with E-state index in [1.807, 2.05) is 0 Å². The molecule has 0 amide bonds. The van der Waals surface area contributed by atoms with Crippen molar-refractivity contribution in [2.75, 3.05) is 19.8 Å². The van der Waals surface area contributed by atoms with Crippen molar-refractivity contribution in [3.63, 3.8) is 0 Å². The molecule has 0 saturated carbocycles. The van der Waals surface area contributed by atoms with Crippen molar-refractivity contribution in [1.82, 2.24) is 5.32 Å². The van der Waals surface area contributed by atoms with Crippen LogP contribution in [0.5, 0.6) is 5.75 Å². The summed E-state index contributed by atoms with van der Waals surface area (Å²) in [6.45, 7) is 7.13. The van der Waals surface area contributed by atoms with E-state index in [1.165, 1.54) is 18.4 Å². The summed E-state index contributed by atoms with van der Waals surface area (Å²) >= 11 is 0. The van der Waals surface area contributed by atoms with E-state index in [2.05, 4.69) is 43.4 Å². The molecule has 1 aromatic rings. The maximum Gasteiger partial charge on any atom is 0.119 e. The van der Waals surface area contributed by atoms with E-state index in [4.69, 9.17) is 9.47 Å². The van der Waals surface area contributed by atoms with Crippen LogP contribution in [0, 0.1) is 0 Å². The second kappa shape index (κ2) is 9.06. The Bertz CT molecular complexity index is 385. The summed E-state index contributed by atoms with van der Waals surface area (Å²) in [6.07, 6.45) is 6.06. The summed E-state index contributed by atoms with van der Waals surface area (Å²) < 4.78 is 11.3. The summed E-state index contributed by atoms with van der Waals surface area (Å²) in [7, 11) is 0. The third-order valence-electron chi connectivity index (χ3n) is 3.99. The van der Waals surface area contributed by atoms with Gasteiger partial charge in [0.1, 0.15) is 12.4 Å². The molecule has 3 heteroatoms. The maximum absolute atomic E-state index is 5.79. The topological polar surface area (TPSA) is 30.5 Å². The zero-order valence-electron chi connectivity index (χ0n) is 13.4. The van der Waals surface area contributed by atoms with E-state index in [9.17, 15) is 0 Å². The summed E-state index contributed by atoms with van der Waals surface area (Å²) in [6, 6.07) is 9.10. The van der Waals surface area contributed by atoms with Crippen LogP contribution >= 0.6 is 0 Å². The number of ether oxygens (including phenoxy) is 2. The van der Waals surface area contributed by atoms with Gasteiger partial charge in [0.15, 0.2) is 0 Å². The van der Waals surface area contributed by atoms with Gasteiger partial charge in [-0.05, 0) is 63.3 Å². The molecular weight excluding hydrogens is 262 g/mol. The van der Waals surface area contributed by atoms with E-state index in [-0.39, 0.29) is 6.10 Å². The molecule has 0 bridgehead atoms. The Labute approximate surface area is 129 Å². The van der Waals surface area contributed by atoms with Gasteiger partial charge in [0.2, 0.25) is 0 Å². The summed E-state index contributed by atoms with van der Waals surface area (Å²) in [4.78, 5) is 0. The Kier molecular flexibility index (Phi) is 7.04. The predicted octanol–water partition coefficient (Wildman–Crippen LogP) is 3.57. The Balaban J connectivity index is 1.68. The smallest absolute Gasteiger partial charge is 0.119 e. The number of rotatable bonds is 9. The van der Waals surface area contributed by atoms with Crippen molar-refractivity contribution >= 4 is 0 Å². The molecule has 0 aromatic heterocycles. The van der Waals surface area contributed by atoms with Crippen LogP contribution in [0.3, 0.4) is 0 Å². The average Bonchev–Trinajstić information content (AvgIpc) is 3.03.